The Hall–Kier alpha value is -2.42. The third kappa shape index (κ3) is 4.02. The highest BCUT2D eigenvalue weighted by atomic mass is 16.1. The molecular weight excluding hydrogens is 262 g/mol. The molecule has 0 aliphatic carbocycles. The first kappa shape index (κ1) is 15.0. The van der Waals surface area contributed by atoms with Crippen molar-refractivity contribution in [1.29, 1.82) is 0 Å². The number of Topliss-reactive ketones (excluding diaryl/α,β-unsaturated/α-hetero) is 1. The van der Waals surface area contributed by atoms with Crippen LogP contribution in [0.3, 0.4) is 0 Å². The van der Waals surface area contributed by atoms with Crippen LogP contribution in [-0.4, -0.2) is 11.7 Å². The van der Waals surface area contributed by atoms with Gasteiger partial charge in [-0.1, -0.05) is 23.8 Å². The average molecular weight is 281 g/mol. The molecule has 3 nitrogen and oxygen atoms in total. The van der Waals surface area contributed by atoms with Gasteiger partial charge in [0.05, 0.1) is 0 Å². The summed E-state index contributed by atoms with van der Waals surface area (Å²) in [6.07, 6.45) is 0.396. The van der Waals surface area contributed by atoms with Crippen molar-refractivity contribution in [2.75, 3.05) is 5.32 Å². The number of rotatable bonds is 4. The van der Waals surface area contributed by atoms with Gasteiger partial charge in [-0.3, -0.25) is 9.59 Å². The van der Waals surface area contributed by atoms with E-state index in [1.807, 2.05) is 26.0 Å². The van der Waals surface area contributed by atoms with Gasteiger partial charge in [0.25, 0.3) is 0 Å². The van der Waals surface area contributed by atoms with Crippen LogP contribution in [0.15, 0.2) is 42.5 Å². The van der Waals surface area contributed by atoms with Crippen molar-refractivity contribution in [3.8, 4) is 0 Å². The Labute approximate surface area is 125 Å². The van der Waals surface area contributed by atoms with Gasteiger partial charge in [0.2, 0.25) is 5.91 Å². The first-order valence-electron chi connectivity index (χ1n) is 6.92. The summed E-state index contributed by atoms with van der Waals surface area (Å²) in [6.45, 7) is 5.50. The maximum Gasteiger partial charge on any atom is 0.221 e. The molecule has 0 bridgehead atoms. The van der Waals surface area contributed by atoms with E-state index >= 15 is 0 Å². The van der Waals surface area contributed by atoms with Gasteiger partial charge in [-0.15, -0.1) is 0 Å². The van der Waals surface area contributed by atoms with E-state index in [-0.39, 0.29) is 11.7 Å². The number of hydrogen-bond donors (Lipinski definition) is 1. The molecule has 0 atom stereocenters. The minimum Gasteiger partial charge on any atom is -0.326 e. The van der Waals surface area contributed by atoms with Crippen LogP contribution in [0.5, 0.6) is 0 Å². The normalized spacial score (nSPS) is 10.2. The van der Waals surface area contributed by atoms with Gasteiger partial charge in [0, 0.05) is 24.6 Å². The smallest absolute Gasteiger partial charge is 0.221 e. The zero-order valence-corrected chi connectivity index (χ0v) is 12.6. The zero-order valence-electron chi connectivity index (χ0n) is 12.6. The molecule has 0 spiro atoms. The summed E-state index contributed by atoms with van der Waals surface area (Å²) in [6, 6.07) is 13.1. The van der Waals surface area contributed by atoms with Crippen molar-refractivity contribution in [3.63, 3.8) is 0 Å². The van der Waals surface area contributed by atoms with Gasteiger partial charge < -0.3 is 5.32 Å². The number of ketones is 1. The fourth-order valence-corrected chi connectivity index (χ4v) is 2.21. The Kier molecular flexibility index (Phi) is 4.53. The van der Waals surface area contributed by atoms with E-state index in [9.17, 15) is 9.59 Å². The SMILES string of the molecule is CC(=O)Nc1ccc(C(=O)Cc2cc(C)ccc2C)cc1. The Morgan fingerprint density at radius 3 is 2.29 bits per heavy atom. The number of hydrogen-bond acceptors (Lipinski definition) is 2. The number of anilines is 1. The van der Waals surface area contributed by atoms with E-state index in [2.05, 4.69) is 11.4 Å². The maximum atomic E-state index is 12.3. The largest absolute Gasteiger partial charge is 0.326 e. The number of benzene rings is 2. The van der Waals surface area contributed by atoms with Crippen LogP contribution in [0.2, 0.25) is 0 Å². The van der Waals surface area contributed by atoms with E-state index in [1.54, 1.807) is 24.3 Å². The van der Waals surface area contributed by atoms with E-state index in [1.165, 1.54) is 6.92 Å². The highest BCUT2D eigenvalue weighted by Crippen LogP contribution is 2.16. The second-order valence-electron chi connectivity index (χ2n) is 5.29. The van der Waals surface area contributed by atoms with Crippen molar-refractivity contribution >= 4 is 17.4 Å². The minimum absolute atomic E-state index is 0.0816. The van der Waals surface area contributed by atoms with Crippen LogP contribution in [0, 0.1) is 13.8 Å². The van der Waals surface area contributed by atoms with E-state index in [4.69, 9.17) is 0 Å². The lowest BCUT2D eigenvalue weighted by Gasteiger charge is -2.07. The highest BCUT2D eigenvalue weighted by Gasteiger charge is 2.09. The monoisotopic (exact) mass is 281 g/mol. The molecule has 2 aromatic carbocycles. The van der Waals surface area contributed by atoms with Gasteiger partial charge in [0.15, 0.2) is 5.78 Å². The molecule has 108 valence electrons. The molecule has 0 aliphatic rings. The Morgan fingerprint density at radius 1 is 1.00 bits per heavy atom. The first-order valence-corrected chi connectivity index (χ1v) is 6.92. The van der Waals surface area contributed by atoms with Crippen molar-refractivity contribution in [3.05, 3.63) is 64.7 Å². The lowest BCUT2D eigenvalue weighted by molar-refractivity contribution is -0.114. The molecule has 0 fully saturated rings. The van der Waals surface area contributed by atoms with E-state index in [0.717, 1.165) is 16.7 Å². The zero-order chi connectivity index (χ0) is 15.4. The third-order valence-corrected chi connectivity index (χ3v) is 3.38. The summed E-state index contributed by atoms with van der Waals surface area (Å²) in [5.74, 6) is -0.0393. The lowest BCUT2D eigenvalue weighted by atomic mass is 9.98. The van der Waals surface area contributed by atoms with Crippen LogP contribution in [-0.2, 0) is 11.2 Å². The molecule has 0 heterocycles. The van der Waals surface area contributed by atoms with Gasteiger partial charge in [-0.25, -0.2) is 0 Å². The first-order chi connectivity index (χ1) is 9.95. The molecule has 1 N–H and O–H groups in total. The number of carbonyl (C=O) groups excluding carboxylic acids is 2. The highest BCUT2D eigenvalue weighted by molar-refractivity contribution is 5.98. The van der Waals surface area contributed by atoms with Crippen LogP contribution < -0.4 is 5.32 Å². The summed E-state index contributed by atoms with van der Waals surface area (Å²) >= 11 is 0. The molecule has 2 rings (SSSR count). The maximum absolute atomic E-state index is 12.3. The van der Waals surface area contributed by atoms with Crippen molar-refractivity contribution in [1.82, 2.24) is 0 Å². The molecule has 0 aromatic heterocycles. The molecule has 0 unspecified atom stereocenters. The fraction of sp³-hybridized carbons (Fsp3) is 0.222. The second-order valence-corrected chi connectivity index (χ2v) is 5.29. The lowest BCUT2D eigenvalue weighted by Crippen LogP contribution is -2.07. The molecule has 2 aromatic rings. The predicted molar refractivity (Wildman–Crippen MR) is 84.7 cm³/mol. The number of amides is 1. The second kappa shape index (κ2) is 6.35. The minimum atomic E-state index is -0.121. The van der Waals surface area contributed by atoms with Crippen LogP contribution in [0.4, 0.5) is 5.69 Å². The molecule has 21 heavy (non-hydrogen) atoms. The fourth-order valence-electron chi connectivity index (χ4n) is 2.21. The Balaban J connectivity index is 2.13. The molecule has 0 radical (unpaired) electrons. The summed E-state index contributed by atoms with van der Waals surface area (Å²) in [4.78, 5) is 23.3. The Bertz CT molecular complexity index is 672. The summed E-state index contributed by atoms with van der Waals surface area (Å²) in [7, 11) is 0. The molecule has 0 aliphatic heterocycles. The third-order valence-electron chi connectivity index (χ3n) is 3.38. The van der Waals surface area contributed by atoms with Crippen molar-refractivity contribution < 1.29 is 9.59 Å². The van der Waals surface area contributed by atoms with Crippen molar-refractivity contribution in [2.24, 2.45) is 0 Å². The Morgan fingerprint density at radius 2 is 1.67 bits per heavy atom. The predicted octanol–water partition coefficient (Wildman–Crippen LogP) is 3.69. The van der Waals surface area contributed by atoms with E-state index < -0.39 is 0 Å². The summed E-state index contributed by atoms with van der Waals surface area (Å²) < 4.78 is 0. The summed E-state index contributed by atoms with van der Waals surface area (Å²) in [5, 5.41) is 2.69. The summed E-state index contributed by atoms with van der Waals surface area (Å²) in [5.41, 5.74) is 4.70. The van der Waals surface area contributed by atoms with Gasteiger partial charge in [0.1, 0.15) is 0 Å². The topological polar surface area (TPSA) is 46.2 Å². The molecule has 0 saturated carbocycles. The molecular formula is C18H19NO2. The average Bonchev–Trinajstić information content (AvgIpc) is 2.43. The molecule has 0 saturated heterocycles. The number of aryl methyl sites for hydroxylation is 2. The molecule has 1 amide bonds. The van der Waals surface area contributed by atoms with Gasteiger partial charge >= 0.3 is 0 Å². The van der Waals surface area contributed by atoms with Crippen LogP contribution in [0.25, 0.3) is 0 Å². The van der Waals surface area contributed by atoms with Crippen LogP contribution in [0.1, 0.15) is 34.0 Å². The van der Waals surface area contributed by atoms with Crippen molar-refractivity contribution in [2.45, 2.75) is 27.2 Å². The van der Waals surface area contributed by atoms with Crippen LogP contribution >= 0.6 is 0 Å². The number of nitrogens with one attached hydrogen (secondary N) is 1. The van der Waals surface area contributed by atoms with Gasteiger partial charge in [-0.05, 0) is 49.2 Å². The number of carbonyl (C=O) groups is 2. The molecule has 3 heteroatoms. The quantitative estimate of drug-likeness (QED) is 0.869. The van der Waals surface area contributed by atoms with E-state index in [0.29, 0.717) is 17.7 Å². The van der Waals surface area contributed by atoms with Gasteiger partial charge in [-0.2, -0.15) is 0 Å². The standard InChI is InChI=1S/C18H19NO2/c1-12-4-5-13(2)16(10-12)11-18(21)15-6-8-17(9-7-15)19-14(3)20/h4-10H,11H2,1-3H3,(H,19,20).